The molecule has 0 saturated carbocycles. The number of benzene rings is 1. The number of rotatable bonds is 7. The van der Waals surface area contributed by atoms with Gasteiger partial charge in [0, 0.05) is 23.2 Å². The lowest BCUT2D eigenvalue weighted by molar-refractivity contribution is -0.137. The van der Waals surface area contributed by atoms with Crippen molar-refractivity contribution >= 4 is 33.6 Å². The molecular weight excluding hydrogens is 302 g/mol. The first-order chi connectivity index (χ1) is 8.49. The summed E-state index contributed by atoms with van der Waals surface area (Å²) in [6, 6.07) is 7.35. The van der Waals surface area contributed by atoms with Crippen LogP contribution in [-0.4, -0.2) is 35.2 Å². The molecule has 0 bridgehead atoms. The molecule has 0 aliphatic rings. The minimum Gasteiger partial charge on any atom is -0.481 e. The van der Waals surface area contributed by atoms with E-state index in [2.05, 4.69) is 15.9 Å². The summed E-state index contributed by atoms with van der Waals surface area (Å²) < 4.78 is 0.871. The van der Waals surface area contributed by atoms with Crippen molar-refractivity contribution in [2.45, 2.75) is 12.8 Å². The Morgan fingerprint density at radius 1 is 1.11 bits per heavy atom. The van der Waals surface area contributed by atoms with E-state index in [0.717, 1.165) is 10.2 Å². The van der Waals surface area contributed by atoms with Gasteiger partial charge in [-0.2, -0.15) is 0 Å². The molecular formula is C12H14BrNO4. The van der Waals surface area contributed by atoms with Crippen LogP contribution in [0.1, 0.15) is 12.8 Å². The van der Waals surface area contributed by atoms with E-state index in [4.69, 9.17) is 10.2 Å². The van der Waals surface area contributed by atoms with Gasteiger partial charge in [0.1, 0.15) is 0 Å². The highest BCUT2D eigenvalue weighted by Crippen LogP contribution is 2.20. The molecule has 0 spiro atoms. The molecule has 1 rings (SSSR count). The second kappa shape index (κ2) is 7.00. The first-order valence-corrected chi connectivity index (χ1v) is 6.22. The number of hydrogen-bond acceptors (Lipinski definition) is 3. The van der Waals surface area contributed by atoms with Gasteiger partial charge >= 0.3 is 11.9 Å². The number of carboxylic acid groups (broad SMARTS) is 2. The number of halogens is 1. The van der Waals surface area contributed by atoms with Crippen LogP contribution in [0.3, 0.4) is 0 Å². The minimum absolute atomic E-state index is 0.0217. The summed E-state index contributed by atoms with van der Waals surface area (Å²) >= 11 is 3.33. The Morgan fingerprint density at radius 2 is 1.67 bits per heavy atom. The highest BCUT2D eigenvalue weighted by molar-refractivity contribution is 9.10. The van der Waals surface area contributed by atoms with Crippen molar-refractivity contribution in [2.75, 3.05) is 18.0 Å². The normalized spacial score (nSPS) is 10.1. The molecule has 0 amide bonds. The van der Waals surface area contributed by atoms with Crippen LogP contribution in [0.25, 0.3) is 0 Å². The van der Waals surface area contributed by atoms with Gasteiger partial charge in [-0.25, -0.2) is 0 Å². The van der Waals surface area contributed by atoms with Gasteiger partial charge in [-0.1, -0.05) is 22.0 Å². The summed E-state index contributed by atoms with van der Waals surface area (Å²) in [6.45, 7) is 0.581. The molecule has 0 aliphatic carbocycles. The number of anilines is 1. The van der Waals surface area contributed by atoms with E-state index in [1.54, 1.807) is 4.90 Å². The molecule has 0 saturated heterocycles. The topological polar surface area (TPSA) is 77.8 Å². The third-order valence-electron chi connectivity index (χ3n) is 2.36. The van der Waals surface area contributed by atoms with Crippen LogP contribution in [0.15, 0.2) is 28.7 Å². The summed E-state index contributed by atoms with van der Waals surface area (Å²) in [5.41, 5.74) is 0.812. The minimum atomic E-state index is -0.898. The number of nitrogens with zero attached hydrogens (tertiary/aromatic N) is 1. The van der Waals surface area contributed by atoms with Crippen LogP contribution in [-0.2, 0) is 9.59 Å². The second-order valence-electron chi connectivity index (χ2n) is 3.75. The van der Waals surface area contributed by atoms with Gasteiger partial charge in [-0.15, -0.1) is 0 Å². The maximum Gasteiger partial charge on any atom is 0.305 e. The average molecular weight is 316 g/mol. The average Bonchev–Trinajstić information content (AvgIpc) is 2.28. The Hall–Kier alpha value is -1.56. The van der Waals surface area contributed by atoms with Crippen molar-refractivity contribution in [2.24, 2.45) is 0 Å². The second-order valence-corrected chi connectivity index (χ2v) is 4.67. The van der Waals surface area contributed by atoms with Gasteiger partial charge in [0.15, 0.2) is 0 Å². The van der Waals surface area contributed by atoms with Gasteiger partial charge in [0.05, 0.1) is 12.8 Å². The van der Waals surface area contributed by atoms with Crippen LogP contribution in [0.5, 0.6) is 0 Å². The summed E-state index contributed by atoms with van der Waals surface area (Å²) in [7, 11) is 0. The number of carbonyl (C=O) groups is 2. The van der Waals surface area contributed by atoms with Gasteiger partial charge < -0.3 is 15.1 Å². The van der Waals surface area contributed by atoms with E-state index in [0.29, 0.717) is 13.1 Å². The Balaban J connectivity index is 2.75. The predicted octanol–water partition coefficient (Wildman–Crippen LogP) is 2.20. The van der Waals surface area contributed by atoms with Crippen molar-refractivity contribution in [3.8, 4) is 0 Å². The number of aliphatic carboxylic acids is 2. The standard InChI is InChI=1S/C12H14BrNO4/c13-9-2-1-3-10(8-9)14(6-4-11(15)16)7-5-12(17)18/h1-3,8H,4-7H2,(H,15,16)(H,17,18). The van der Waals surface area contributed by atoms with Crippen molar-refractivity contribution in [3.05, 3.63) is 28.7 Å². The largest absolute Gasteiger partial charge is 0.481 e. The third kappa shape index (κ3) is 5.18. The molecule has 98 valence electrons. The van der Waals surface area contributed by atoms with Crippen molar-refractivity contribution in [3.63, 3.8) is 0 Å². The zero-order valence-electron chi connectivity index (χ0n) is 9.67. The fourth-order valence-corrected chi connectivity index (χ4v) is 1.89. The summed E-state index contributed by atoms with van der Waals surface area (Å²) in [5, 5.41) is 17.4. The molecule has 5 nitrogen and oxygen atoms in total. The molecule has 18 heavy (non-hydrogen) atoms. The van der Waals surface area contributed by atoms with Gasteiger partial charge in [-0.3, -0.25) is 9.59 Å². The fourth-order valence-electron chi connectivity index (χ4n) is 1.50. The van der Waals surface area contributed by atoms with Crippen molar-refractivity contribution in [1.82, 2.24) is 0 Å². The van der Waals surface area contributed by atoms with Gasteiger partial charge in [0.25, 0.3) is 0 Å². The number of hydrogen-bond donors (Lipinski definition) is 2. The quantitative estimate of drug-likeness (QED) is 0.806. The fraction of sp³-hybridized carbons (Fsp3) is 0.333. The first kappa shape index (κ1) is 14.5. The van der Waals surface area contributed by atoms with Crippen LogP contribution < -0.4 is 4.90 Å². The van der Waals surface area contributed by atoms with E-state index in [-0.39, 0.29) is 12.8 Å². The molecule has 0 fully saturated rings. The maximum absolute atomic E-state index is 10.6. The van der Waals surface area contributed by atoms with E-state index in [9.17, 15) is 9.59 Å². The molecule has 2 N–H and O–H groups in total. The number of carboxylic acids is 2. The monoisotopic (exact) mass is 315 g/mol. The Labute approximate surface area is 113 Å². The molecule has 0 aliphatic heterocycles. The molecule has 0 heterocycles. The Bertz CT molecular complexity index is 418. The maximum atomic E-state index is 10.6. The molecule has 0 radical (unpaired) electrons. The van der Waals surface area contributed by atoms with Crippen LogP contribution in [0.2, 0.25) is 0 Å². The molecule has 1 aromatic carbocycles. The SMILES string of the molecule is O=C(O)CCN(CCC(=O)O)c1cccc(Br)c1. The third-order valence-corrected chi connectivity index (χ3v) is 2.86. The van der Waals surface area contributed by atoms with E-state index in [1.165, 1.54) is 0 Å². The molecule has 0 aromatic heterocycles. The van der Waals surface area contributed by atoms with Crippen LogP contribution in [0.4, 0.5) is 5.69 Å². The summed E-state index contributed by atoms with van der Waals surface area (Å²) in [6.07, 6.45) is -0.0434. The zero-order valence-corrected chi connectivity index (χ0v) is 11.3. The van der Waals surface area contributed by atoms with E-state index < -0.39 is 11.9 Å². The lowest BCUT2D eigenvalue weighted by atomic mass is 10.2. The smallest absolute Gasteiger partial charge is 0.305 e. The van der Waals surface area contributed by atoms with Crippen LogP contribution >= 0.6 is 15.9 Å². The zero-order chi connectivity index (χ0) is 13.5. The lowest BCUT2D eigenvalue weighted by Gasteiger charge is -2.23. The van der Waals surface area contributed by atoms with Crippen molar-refractivity contribution < 1.29 is 19.8 Å². The first-order valence-electron chi connectivity index (χ1n) is 5.43. The van der Waals surface area contributed by atoms with E-state index in [1.807, 2.05) is 24.3 Å². The highest BCUT2D eigenvalue weighted by atomic mass is 79.9. The Morgan fingerprint density at radius 3 is 2.11 bits per heavy atom. The summed E-state index contributed by atoms with van der Waals surface area (Å²) in [5.74, 6) is -1.80. The lowest BCUT2D eigenvalue weighted by Crippen LogP contribution is -2.28. The van der Waals surface area contributed by atoms with Crippen LogP contribution in [0, 0.1) is 0 Å². The molecule has 0 atom stereocenters. The van der Waals surface area contributed by atoms with E-state index >= 15 is 0 Å². The molecule has 1 aromatic rings. The molecule has 0 unspecified atom stereocenters. The molecule has 6 heteroatoms. The Kier molecular flexibility index (Phi) is 5.64. The van der Waals surface area contributed by atoms with Crippen molar-refractivity contribution in [1.29, 1.82) is 0 Å². The van der Waals surface area contributed by atoms with Gasteiger partial charge in [-0.05, 0) is 18.2 Å². The van der Waals surface area contributed by atoms with Gasteiger partial charge in [0.2, 0.25) is 0 Å². The summed E-state index contributed by atoms with van der Waals surface area (Å²) in [4.78, 5) is 22.9. The predicted molar refractivity (Wildman–Crippen MR) is 70.9 cm³/mol. The highest BCUT2D eigenvalue weighted by Gasteiger charge is 2.10.